The van der Waals surface area contributed by atoms with E-state index in [0.717, 1.165) is 11.8 Å². The van der Waals surface area contributed by atoms with Gasteiger partial charge in [-0.2, -0.15) is 4.31 Å². The van der Waals surface area contributed by atoms with Gasteiger partial charge in [-0.15, -0.1) is 0 Å². The van der Waals surface area contributed by atoms with Crippen LogP contribution < -0.4 is 0 Å². The largest absolute Gasteiger partial charge is 0.303 e. The molecule has 0 bridgehead atoms. The third-order valence-electron chi connectivity index (χ3n) is 2.66. The molecule has 1 aliphatic rings. The molecule has 0 N–H and O–H groups in total. The number of aldehydes is 1. The molecule has 1 aliphatic heterocycles. The van der Waals surface area contributed by atoms with Crippen molar-refractivity contribution >= 4 is 16.3 Å². The van der Waals surface area contributed by atoms with Crippen molar-refractivity contribution in [1.82, 2.24) is 4.31 Å². The maximum absolute atomic E-state index is 12.0. The molecule has 2 unspecified atom stereocenters. The number of sulfonamides is 1. The van der Waals surface area contributed by atoms with Crippen molar-refractivity contribution in [2.75, 3.05) is 6.54 Å². The number of aryl methyl sites for hydroxylation is 1. The fourth-order valence-corrected chi connectivity index (χ4v) is 3.20. The summed E-state index contributed by atoms with van der Waals surface area (Å²) >= 11 is 0. The highest BCUT2D eigenvalue weighted by atomic mass is 32.2. The van der Waals surface area contributed by atoms with E-state index in [1.54, 1.807) is 24.3 Å². The van der Waals surface area contributed by atoms with Gasteiger partial charge in [0.1, 0.15) is 6.29 Å². The van der Waals surface area contributed by atoms with Crippen molar-refractivity contribution in [2.45, 2.75) is 24.3 Å². The Labute approximate surface area is 94.9 Å². The van der Waals surface area contributed by atoms with Gasteiger partial charge in [-0.25, -0.2) is 8.42 Å². The smallest absolute Gasteiger partial charge is 0.243 e. The molecule has 1 aromatic carbocycles. The van der Waals surface area contributed by atoms with Crippen molar-refractivity contribution in [3.8, 4) is 0 Å². The molecule has 0 saturated carbocycles. The number of carbonyl (C=O) groups excluding carboxylic acids is 1. The molecule has 0 amide bonds. The second-order valence-corrected chi connectivity index (χ2v) is 5.83. The maximum Gasteiger partial charge on any atom is 0.243 e. The van der Waals surface area contributed by atoms with Crippen LogP contribution in [0, 0.1) is 6.92 Å². The summed E-state index contributed by atoms with van der Waals surface area (Å²) in [7, 11) is -3.38. The van der Waals surface area contributed by atoms with Crippen LogP contribution in [0.2, 0.25) is 0 Å². The fraction of sp³-hybridized carbons (Fsp3) is 0.364. The monoisotopic (exact) mass is 239 g/mol. The highest BCUT2D eigenvalue weighted by Crippen LogP contribution is 2.29. The van der Waals surface area contributed by atoms with Gasteiger partial charge < -0.3 is 4.79 Å². The third kappa shape index (κ3) is 2.01. The first-order valence-electron chi connectivity index (χ1n) is 5.08. The molecule has 4 nitrogen and oxygen atoms in total. The first-order chi connectivity index (χ1) is 7.55. The third-order valence-corrected chi connectivity index (χ3v) is 4.59. The Morgan fingerprint density at radius 1 is 1.38 bits per heavy atom. The van der Waals surface area contributed by atoms with Crippen LogP contribution in [0.3, 0.4) is 0 Å². The minimum atomic E-state index is -3.38. The van der Waals surface area contributed by atoms with Gasteiger partial charge >= 0.3 is 0 Å². The van der Waals surface area contributed by atoms with E-state index in [-0.39, 0.29) is 12.5 Å². The van der Waals surface area contributed by atoms with E-state index in [2.05, 4.69) is 0 Å². The lowest BCUT2D eigenvalue weighted by Crippen LogP contribution is -2.14. The second kappa shape index (κ2) is 3.99. The van der Waals surface area contributed by atoms with Gasteiger partial charge in [-0.05, 0) is 19.1 Å². The molecule has 1 heterocycles. The number of nitrogens with zero attached hydrogens (tertiary/aromatic N) is 1. The molecular weight excluding hydrogens is 226 g/mol. The van der Waals surface area contributed by atoms with Crippen LogP contribution in [0.5, 0.6) is 0 Å². The van der Waals surface area contributed by atoms with E-state index in [9.17, 15) is 13.2 Å². The summed E-state index contributed by atoms with van der Waals surface area (Å²) in [5.74, 6) is 0. The molecule has 16 heavy (non-hydrogen) atoms. The summed E-state index contributed by atoms with van der Waals surface area (Å²) in [6, 6.07) is 6.60. The van der Waals surface area contributed by atoms with Crippen LogP contribution in [-0.4, -0.2) is 31.6 Å². The number of carbonyl (C=O) groups is 1. The van der Waals surface area contributed by atoms with Crippen LogP contribution in [0.25, 0.3) is 0 Å². The zero-order valence-electron chi connectivity index (χ0n) is 8.96. The van der Waals surface area contributed by atoms with Gasteiger partial charge in [0, 0.05) is 19.0 Å². The number of rotatable bonds is 4. The molecule has 0 radical (unpaired) electrons. The van der Waals surface area contributed by atoms with E-state index in [1.165, 1.54) is 4.31 Å². The lowest BCUT2D eigenvalue weighted by Gasteiger charge is -2.05. The molecule has 5 heteroatoms. The molecule has 1 aromatic rings. The van der Waals surface area contributed by atoms with Crippen molar-refractivity contribution in [1.29, 1.82) is 0 Å². The molecule has 1 saturated heterocycles. The van der Waals surface area contributed by atoms with Gasteiger partial charge in [0.15, 0.2) is 0 Å². The molecule has 0 aliphatic carbocycles. The van der Waals surface area contributed by atoms with Gasteiger partial charge in [-0.1, -0.05) is 17.7 Å². The summed E-state index contributed by atoms with van der Waals surface area (Å²) in [5.41, 5.74) is 1.02. The SMILES string of the molecule is Cc1ccc(S(=O)(=O)N2CC2CC=O)cc1. The Morgan fingerprint density at radius 2 is 2.00 bits per heavy atom. The Morgan fingerprint density at radius 3 is 2.56 bits per heavy atom. The Hall–Kier alpha value is -1.20. The van der Waals surface area contributed by atoms with Crippen molar-refractivity contribution in [3.05, 3.63) is 29.8 Å². The lowest BCUT2D eigenvalue weighted by molar-refractivity contribution is -0.107. The van der Waals surface area contributed by atoms with E-state index in [4.69, 9.17) is 0 Å². The topological polar surface area (TPSA) is 54.2 Å². The molecule has 2 atom stereocenters. The normalized spacial score (nSPS) is 24.1. The Bertz CT molecular complexity index is 492. The highest BCUT2D eigenvalue weighted by molar-refractivity contribution is 7.89. The van der Waals surface area contributed by atoms with E-state index in [1.807, 2.05) is 6.92 Å². The standard InChI is InChI=1S/C11H13NO3S/c1-9-2-4-11(5-3-9)16(14,15)12-8-10(12)6-7-13/h2-5,7,10H,6,8H2,1H3. The van der Waals surface area contributed by atoms with Gasteiger partial charge in [0.25, 0.3) is 0 Å². The second-order valence-electron chi connectivity index (χ2n) is 3.94. The van der Waals surface area contributed by atoms with E-state index >= 15 is 0 Å². The zero-order valence-corrected chi connectivity index (χ0v) is 9.78. The maximum atomic E-state index is 12.0. The quantitative estimate of drug-likeness (QED) is 0.581. The summed E-state index contributed by atoms with van der Waals surface area (Å²) in [5, 5.41) is 0. The van der Waals surface area contributed by atoms with Crippen molar-refractivity contribution < 1.29 is 13.2 Å². The predicted molar refractivity (Wildman–Crippen MR) is 59.5 cm³/mol. The van der Waals surface area contributed by atoms with E-state index < -0.39 is 10.0 Å². The molecule has 2 rings (SSSR count). The molecule has 0 spiro atoms. The molecular formula is C11H13NO3S. The first-order valence-corrected chi connectivity index (χ1v) is 6.52. The zero-order chi connectivity index (χ0) is 11.8. The minimum Gasteiger partial charge on any atom is -0.303 e. The summed E-state index contributed by atoms with van der Waals surface area (Å²) in [6.45, 7) is 2.36. The minimum absolute atomic E-state index is 0.135. The fourth-order valence-electron chi connectivity index (χ4n) is 1.60. The highest BCUT2D eigenvalue weighted by Gasteiger charge is 2.43. The van der Waals surface area contributed by atoms with Gasteiger partial charge in [0.2, 0.25) is 10.0 Å². The summed E-state index contributed by atoms with van der Waals surface area (Å²) < 4.78 is 25.4. The lowest BCUT2D eigenvalue weighted by atomic mass is 10.2. The Balaban J connectivity index is 2.21. The van der Waals surface area contributed by atoms with Crippen LogP contribution in [0.4, 0.5) is 0 Å². The molecule has 0 aromatic heterocycles. The van der Waals surface area contributed by atoms with Gasteiger partial charge in [0.05, 0.1) is 4.90 Å². The average molecular weight is 239 g/mol. The van der Waals surface area contributed by atoms with Crippen LogP contribution in [0.15, 0.2) is 29.2 Å². The first kappa shape index (κ1) is 11.3. The van der Waals surface area contributed by atoms with Crippen molar-refractivity contribution in [3.63, 3.8) is 0 Å². The van der Waals surface area contributed by atoms with E-state index in [0.29, 0.717) is 11.4 Å². The average Bonchev–Trinajstić information content (AvgIpc) is 2.99. The van der Waals surface area contributed by atoms with Crippen LogP contribution in [0.1, 0.15) is 12.0 Å². The van der Waals surface area contributed by atoms with Crippen molar-refractivity contribution in [2.24, 2.45) is 0 Å². The molecule has 86 valence electrons. The number of hydrogen-bond donors (Lipinski definition) is 0. The van der Waals surface area contributed by atoms with Crippen LogP contribution >= 0.6 is 0 Å². The number of hydrogen-bond acceptors (Lipinski definition) is 3. The molecule has 1 fully saturated rings. The van der Waals surface area contributed by atoms with Crippen LogP contribution in [-0.2, 0) is 14.8 Å². The van der Waals surface area contributed by atoms with Gasteiger partial charge in [-0.3, -0.25) is 0 Å². The summed E-state index contributed by atoms with van der Waals surface area (Å²) in [6.07, 6.45) is 1.04. The predicted octanol–water partition coefficient (Wildman–Crippen LogP) is 0.957. The Kier molecular flexibility index (Phi) is 2.82. The number of benzene rings is 1. The summed E-state index contributed by atoms with van der Waals surface area (Å²) in [4.78, 5) is 10.6.